The zero-order valence-electron chi connectivity index (χ0n) is 25.8. The summed E-state index contributed by atoms with van der Waals surface area (Å²) in [5.41, 5.74) is 4.08. The fraction of sp³-hybridized carbons (Fsp3) is 0.583. The SMILES string of the molecule is CC(C)OC(=O)OCSP1(=O)OC[C@H]2O[C@@H](n3cnc4c(N)ncnc43)[C@H](F)[C@@H]2OP(=O)(O)OC[C@H]2O[C@@H](n3ccc(=O)[nH]c3=O)[C@H](O1)[C@@H]2F. The van der Waals surface area contributed by atoms with Crippen molar-refractivity contribution in [3.05, 3.63) is 45.8 Å². The number of hydrogen-bond donors (Lipinski definition) is 3. The van der Waals surface area contributed by atoms with E-state index >= 15 is 8.78 Å². The van der Waals surface area contributed by atoms with Crippen LogP contribution in [0.1, 0.15) is 26.3 Å². The van der Waals surface area contributed by atoms with Crippen LogP contribution in [0.2, 0.25) is 0 Å². The van der Waals surface area contributed by atoms with Gasteiger partial charge in [0.1, 0.15) is 36.3 Å². The molecule has 3 saturated heterocycles. The Hall–Kier alpha value is -3.31. The summed E-state index contributed by atoms with van der Waals surface area (Å²) in [4.78, 5) is 60.8. The van der Waals surface area contributed by atoms with E-state index in [1.165, 1.54) is 0 Å². The number of carbonyl (C=O) groups excluding carboxylic acids is 1. The second kappa shape index (κ2) is 14.4. The number of phosphoric ester groups is 1. The lowest BCUT2D eigenvalue weighted by molar-refractivity contribution is -0.0635. The highest BCUT2D eigenvalue weighted by Gasteiger charge is 2.55. The van der Waals surface area contributed by atoms with Gasteiger partial charge in [0.15, 0.2) is 42.2 Å². The van der Waals surface area contributed by atoms with Gasteiger partial charge in [-0.05, 0) is 13.8 Å². The van der Waals surface area contributed by atoms with Crippen molar-refractivity contribution >= 4 is 49.1 Å². The maximum atomic E-state index is 16.1. The Balaban J connectivity index is 1.34. The van der Waals surface area contributed by atoms with Crippen molar-refractivity contribution in [3.63, 3.8) is 0 Å². The maximum absolute atomic E-state index is 16.1. The molecule has 3 fully saturated rings. The van der Waals surface area contributed by atoms with Crippen LogP contribution in [0.4, 0.5) is 19.4 Å². The molecule has 2 unspecified atom stereocenters. The number of ether oxygens (including phenoxy) is 4. The first-order valence-corrected chi connectivity index (χ1v) is 19.2. The predicted octanol–water partition coefficient (Wildman–Crippen LogP) is 1.71. The van der Waals surface area contributed by atoms with Crippen molar-refractivity contribution in [2.24, 2.45) is 0 Å². The molecular formula is C24H29F2N7O14P2S. The summed E-state index contributed by atoms with van der Waals surface area (Å²) >= 11 is 0.240. The Morgan fingerprint density at radius 2 is 1.82 bits per heavy atom. The second-order valence-electron chi connectivity index (χ2n) is 11.1. The fourth-order valence-electron chi connectivity index (χ4n) is 5.16. The van der Waals surface area contributed by atoms with E-state index < -0.39 is 106 Å². The van der Waals surface area contributed by atoms with Gasteiger partial charge >= 0.3 is 26.5 Å². The van der Waals surface area contributed by atoms with Crippen molar-refractivity contribution in [3.8, 4) is 0 Å². The molecule has 50 heavy (non-hydrogen) atoms. The molecule has 10 atom stereocenters. The number of alkyl halides is 2. The molecule has 0 radical (unpaired) electrons. The molecule has 26 heteroatoms. The number of imidazole rings is 1. The van der Waals surface area contributed by atoms with E-state index in [-0.39, 0.29) is 28.4 Å². The zero-order chi connectivity index (χ0) is 36.0. The van der Waals surface area contributed by atoms with Gasteiger partial charge in [-0.25, -0.2) is 42.5 Å². The summed E-state index contributed by atoms with van der Waals surface area (Å²) in [6, 6.07) is 0.914. The average molecular weight is 772 g/mol. The van der Waals surface area contributed by atoms with Crippen LogP contribution in [-0.4, -0.2) is 102 Å². The lowest BCUT2D eigenvalue weighted by Crippen LogP contribution is -2.37. The van der Waals surface area contributed by atoms with Gasteiger partial charge in [0.25, 0.3) is 5.56 Å². The monoisotopic (exact) mass is 771 g/mol. The molecule has 3 aliphatic rings. The van der Waals surface area contributed by atoms with Crippen LogP contribution in [0, 0.1) is 0 Å². The number of nitrogens with one attached hydrogen (secondary N) is 1. The largest absolute Gasteiger partial charge is 0.509 e. The summed E-state index contributed by atoms with van der Waals surface area (Å²) in [6.45, 7) is -3.60. The third-order valence-electron chi connectivity index (χ3n) is 7.34. The van der Waals surface area contributed by atoms with Crippen LogP contribution in [0.3, 0.4) is 0 Å². The molecule has 0 amide bonds. The van der Waals surface area contributed by atoms with E-state index in [1.54, 1.807) is 13.8 Å². The van der Waals surface area contributed by atoms with E-state index in [0.29, 0.717) is 4.57 Å². The Morgan fingerprint density at radius 1 is 1.08 bits per heavy atom. The van der Waals surface area contributed by atoms with E-state index in [2.05, 4.69) is 15.0 Å². The van der Waals surface area contributed by atoms with Gasteiger partial charge in [0.2, 0.25) is 0 Å². The standard InChI is InChI=1S/C24H29F2N7O14P2S/c1-10(2)43-24(36)40-9-50-49(39)42-6-12-17(15(26)21(45-12)33-8-30-16-19(27)28-7-29-20(16)33)46-48(37,38)41-5-11-14(25)18(47-49)22(44-11)32-4-3-13(34)31-23(32)35/h3-4,7-8,10-12,14-15,17-18,21-22H,5-6,9H2,1-2H3,(H,37,38)(H2,27,28,29)(H,31,34,35)/t11-,12-,14-,15-,17-,18-,21-,22-,49?/m1/s1. The summed E-state index contributed by atoms with van der Waals surface area (Å²) in [6.07, 6.45) is -13.9. The first-order chi connectivity index (χ1) is 23.6. The number of H-pyrrole nitrogens is 1. The number of fused-ring (bicyclic) bond motifs is 4. The number of anilines is 1. The smallest absolute Gasteiger partial charge is 0.432 e. The molecule has 6 heterocycles. The van der Waals surface area contributed by atoms with Gasteiger partial charge in [-0.3, -0.25) is 37.0 Å². The Kier molecular flexibility index (Phi) is 10.5. The number of rotatable bonds is 6. The molecule has 274 valence electrons. The highest BCUT2D eigenvalue weighted by Crippen LogP contribution is 2.64. The minimum atomic E-state index is -5.25. The number of phosphoric acid groups is 1. The molecule has 3 aliphatic heterocycles. The third kappa shape index (κ3) is 7.64. The molecule has 3 aromatic heterocycles. The normalized spacial score (nSPS) is 34.8. The zero-order valence-corrected chi connectivity index (χ0v) is 28.4. The number of nitrogens with two attached hydrogens (primary N) is 1. The van der Waals surface area contributed by atoms with Gasteiger partial charge in [0.05, 0.1) is 25.6 Å². The van der Waals surface area contributed by atoms with Crippen LogP contribution in [0.15, 0.2) is 34.5 Å². The summed E-state index contributed by atoms with van der Waals surface area (Å²) in [7, 11) is -5.25. The molecule has 6 rings (SSSR count). The van der Waals surface area contributed by atoms with Crippen molar-refractivity contribution in [1.82, 2.24) is 29.1 Å². The molecule has 21 nitrogen and oxygen atoms in total. The topological polar surface area (TPSA) is 270 Å². The molecule has 0 spiro atoms. The highest BCUT2D eigenvalue weighted by atomic mass is 32.7. The van der Waals surface area contributed by atoms with Crippen molar-refractivity contribution in [2.45, 2.75) is 69.2 Å². The van der Waals surface area contributed by atoms with Crippen molar-refractivity contribution in [1.29, 1.82) is 0 Å². The quantitative estimate of drug-likeness (QED) is 0.183. The molecule has 3 aromatic rings. The number of carbonyl (C=O) groups is 1. The van der Waals surface area contributed by atoms with Crippen LogP contribution in [0.25, 0.3) is 11.2 Å². The Labute approximate surface area is 282 Å². The van der Waals surface area contributed by atoms with Crippen LogP contribution in [-0.2, 0) is 46.2 Å². The molecule has 0 saturated carbocycles. The Morgan fingerprint density at radius 3 is 2.56 bits per heavy atom. The van der Waals surface area contributed by atoms with E-state index in [0.717, 1.165) is 29.5 Å². The van der Waals surface area contributed by atoms with Gasteiger partial charge < -0.3 is 29.6 Å². The minimum absolute atomic E-state index is 0.0300. The van der Waals surface area contributed by atoms with E-state index in [4.69, 9.17) is 42.8 Å². The van der Waals surface area contributed by atoms with Crippen LogP contribution in [0.5, 0.6) is 0 Å². The number of halogens is 2. The highest BCUT2D eigenvalue weighted by molar-refractivity contribution is 8.55. The van der Waals surface area contributed by atoms with Gasteiger partial charge in [0, 0.05) is 23.6 Å². The maximum Gasteiger partial charge on any atom is 0.509 e. The molecule has 0 aromatic carbocycles. The van der Waals surface area contributed by atoms with Crippen LogP contribution >= 0.6 is 26.0 Å². The lowest BCUT2D eigenvalue weighted by Gasteiger charge is -2.27. The molecule has 4 N–H and O–H groups in total. The van der Waals surface area contributed by atoms with Crippen molar-refractivity contribution in [2.75, 3.05) is 24.9 Å². The summed E-state index contributed by atoms with van der Waals surface area (Å²) in [5.74, 6) is -0.769. The number of hydrogen-bond acceptors (Lipinski definition) is 18. The lowest BCUT2D eigenvalue weighted by atomic mass is 10.1. The summed E-state index contributed by atoms with van der Waals surface area (Å²) in [5, 5.41) is 0. The number of aromatic nitrogens is 6. The molecule has 0 aliphatic carbocycles. The third-order valence-corrected chi connectivity index (χ3v) is 11.7. The number of aromatic amines is 1. The minimum Gasteiger partial charge on any atom is -0.432 e. The molecule has 2 bridgehead atoms. The average Bonchev–Trinajstić information content (AvgIpc) is 3.69. The number of nitrogen functional groups attached to an aromatic ring is 1. The van der Waals surface area contributed by atoms with E-state index in [9.17, 15) is 28.4 Å². The van der Waals surface area contributed by atoms with Gasteiger partial charge in [-0.15, -0.1) is 0 Å². The number of nitrogens with zero attached hydrogens (tertiary/aromatic N) is 5. The first kappa shape index (κ1) is 36.5. The van der Waals surface area contributed by atoms with E-state index in [1.807, 2.05) is 4.98 Å². The molecular weight excluding hydrogens is 742 g/mol. The first-order valence-electron chi connectivity index (χ1n) is 14.5. The van der Waals surface area contributed by atoms with Gasteiger partial charge in [-0.2, -0.15) is 0 Å². The summed E-state index contributed by atoms with van der Waals surface area (Å²) < 4.78 is 104. The fourth-order valence-corrected chi connectivity index (χ4v) is 8.87. The van der Waals surface area contributed by atoms with Gasteiger partial charge in [-0.1, -0.05) is 0 Å². The Bertz CT molecular complexity index is 1950. The van der Waals surface area contributed by atoms with Crippen molar-refractivity contribution < 1.29 is 64.6 Å². The van der Waals surface area contributed by atoms with Crippen LogP contribution < -0.4 is 17.0 Å². The second-order valence-corrected chi connectivity index (χ2v) is 16.5. The predicted molar refractivity (Wildman–Crippen MR) is 163 cm³/mol.